The minimum atomic E-state index is -1.18. The molecule has 26 heavy (non-hydrogen) atoms. The number of hydrogen-bond acceptors (Lipinski definition) is 4. The summed E-state index contributed by atoms with van der Waals surface area (Å²) < 4.78 is 18.9. The second-order valence-electron chi connectivity index (χ2n) is 5.84. The number of hydrogen-bond donors (Lipinski definition) is 2. The second-order valence-corrected chi connectivity index (χ2v) is 6.28. The first-order valence-corrected chi connectivity index (χ1v) is 8.16. The van der Waals surface area contributed by atoms with Crippen molar-refractivity contribution in [3.05, 3.63) is 51.6 Å². The third-order valence-electron chi connectivity index (χ3n) is 3.84. The second kappa shape index (κ2) is 7.70. The Kier molecular flexibility index (Phi) is 5.82. The number of rotatable bonds is 5. The van der Waals surface area contributed by atoms with Crippen molar-refractivity contribution >= 4 is 34.9 Å². The van der Waals surface area contributed by atoms with Crippen LogP contribution < -0.4 is 5.32 Å². The van der Waals surface area contributed by atoms with Gasteiger partial charge >= 0.3 is 5.97 Å². The number of aromatic amines is 1. The number of benzene rings is 1. The van der Waals surface area contributed by atoms with Gasteiger partial charge in [-0.25, -0.2) is 9.18 Å². The van der Waals surface area contributed by atoms with Crippen molar-refractivity contribution in [2.45, 2.75) is 33.8 Å². The van der Waals surface area contributed by atoms with E-state index in [-0.39, 0.29) is 22.2 Å². The molecule has 1 amide bonds. The molecule has 0 unspecified atom stereocenters. The Morgan fingerprint density at radius 1 is 1.27 bits per heavy atom. The molecule has 8 heteroatoms. The lowest BCUT2D eigenvalue weighted by Gasteiger charge is -2.14. The number of carbonyl (C=O) groups is 3. The number of amides is 1. The number of ketones is 1. The molecule has 0 aliphatic carbocycles. The van der Waals surface area contributed by atoms with Gasteiger partial charge in [0.25, 0.3) is 5.91 Å². The van der Waals surface area contributed by atoms with E-state index in [2.05, 4.69) is 10.3 Å². The summed E-state index contributed by atoms with van der Waals surface area (Å²) in [4.78, 5) is 38.9. The molecule has 0 spiro atoms. The average Bonchev–Trinajstić information content (AvgIpc) is 2.84. The Morgan fingerprint density at radius 2 is 1.92 bits per heavy atom. The van der Waals surface area contributed by atoms with Crippen LogP contribution in [0.4, 0.5) is 10.1 Å². The van der Waals surface area contributed by atoms with E-state index in [9.17, 15) is 18.8 Å². The smallest absolute Gasteiger partial charge is 0.355 e. The van der Waals surface area contributed by atoms with Crippen molar-refractivity contribution in [2.24, 2.45) is 0 Å². The number of ether oxygens (including phenoxy) is 1. The van der Waals surface area contributed by atoms with Gasteiger partial charge in [0, 0.05) is 16.3 Å². The fourth-order valence-electron chi connectivity index (χ4n) is 2.58. The van der Waals surface area contributed by atoms with Crippen molar-refractivity contribution in [3.63, 3.8) is 0 Å². The predicted octanol–water partition coefficient (Wildman–Crippen LogP) is 3.81. The first-order chi connectivity index (χ1) is 12.1. The maximum absolute atomic E-state index is 13.7. The van der Waals surface area contributed by atoms with Crippen molar-refractivity contribution < 1.29 is 23.5 Å². The Hall–Kier alpha value is -2.67. The third-order valence-corrected chi connectivity index (χ3v) is 4.07. The number of halogens is 2. The molecule has 1 aromatic carbocycles. The fraction of sp³-hybridized carbons (Fsp3) is 0.278. The molecule has 1 heterocycles. The fourth-order valence-corrected chi connectivity index (χ4v) is 2.74. The Labute approximate surface area is 154 Å². The molecule has 0 fully saturated rings. The van der Waals surface area contributed by atoms with Crippen LogP contribution >= 0.6 is 11.6 Å². The quantitative estimate of drug-likeness (QED) is 0.609. The lowest BCUT2D eigenvalue weighted by atomic mass is 10.1. The molecule has 0 radical (unpaired) electrons. The highest BCUT2D eigenvalue weighted by Gasteiger charge is 2.25. The predicted molar refractivity (Wildman–Crippen MR) is 95.2 cm³/mol. The van der Waals surface area contributed by atoms with Crippen LogP contribution in [0, 0.1) is 19.7 Å². The first kappa shape index (κ1) is 19.7. The molecule has 0 aliphatic rings. The molecule has 2 rings (SSSR count). The van der Waals surface area contributed by atoms with Crippen LogP contribution in [0.1, 0.15) is 46.0 Å². The molecule has 138 valence electrons. The Morgan fingerprint density at radius 3 is 2.46 bits per heavy atom. The zero-order valence-electron chi connectivity index (χ0n) is 14.7. The highest BCUT2D eigenvalue weighted by molar-refractivity contribution is 6.30. The number of aryl methyl sites for hydroxylation is 1. The van der Waals surface area contributed by atoms with Crippen molar-refractivity contribution in [1.82, 2.24) is 4.98 Å². The number of nitrogens with one attached hydrogen (secondary N) is 2. The van der Waals surface area contributed by atoms with E-state index in [1.807, 2.05) is 0 Å². The van der Waals surface area contributed by atoms with E-state index < -0.39 is 23.8 Å². The van der Waals surface area contributed by atoms with Gasteiger partial charge in [-0.05, 0) is 51.5 Å². The number of aromatic nitrogens is 1. The summed E-state index contributed by atoms with van der Waals surface area (Å²) in [5.41, 5.74) is 1.44. The normalized spacial score (nSPS) is 11.8. The summed E-state index contributed by atoms with van der Waals surface area (Å²) in [6.45, 7) is 6.04. The molecular weight excluding hydrogens is 363 g/mol. The van der Waals surface area contributed by atoms with Gasteiger partial charge in [-0.1, -0.05) is 11.6 Å². The number of esters is 1. The summed E-state index contributed by atoms with van der Waals surface area (Å²) in [6.07, 6.45) is -1.18. The number of Topliss-reactive ketones (excluding diaryl/α,β-unsaturated/α-hetero) is 1. The average molecular weight is 381 g/mol. The van der Waals surface area contributed by atoms with Crippen LogP contribution in [0.25, 0.3) is 0 Å². The first-order valence-electron chi connectivity index (χ1n) is 7.78. The van der Waals surface area contributed by atoms with Crippen molar-refractivity contribution in [2.75, 3.05) is 5.32 Å². The van der Waals surface area contributed by atoms with E-state index in [0.717, 1.165) is 6.07 Å². The van der Waals surface area contributed by atoms with Gasteiger partial charge in [-0.3, -0.25) is 9.59 Å². The van der Waals surface area contributed by atoms with E-state index in [1.54, 1.807) is 13.8 Å². The standard InChI is InChI=1S/C18H18ClFN2O4/c1-8-15(10(3)23)9(2)21-16(8)18(25)26-11(4)17(24)22-14-6-5-12(19)7-13(14)20/h5-7,11,21H,1-4H3,(H,22,24)/t11-/m0/s1. The summed E-state index contributed by atoms with van der Waals surface area (Å²) in [5, 5.41) is 2.52. The molecule has 2 N–H and O–H groups in total. The zero-order valence-corrected chi connectivity index (χ0v) is 15.5. The zero-order chi connectivity index (χ0) is 19.6. The Balaban J connectivity index is 2.10. The number of H-pyrrole nitrogens is 1. The molecule has 0 bridgehead atoms. The Bertz CT molecular complexity index is 892. The van der Waals surface area contributed by atoms with Gasteiger partial charge < -0.3 is 15.0 Å². The number of anilines is 1. The van der Waals surface area contributed by atoms with Gasteiger partial charge in [0.15, 0.2) is 11.9 Å². The van der Waals surface area contributed by atoms with Crippen LogP contribution in [0.15, 0.2) is 18.2 Å². The van der Waals surface area contributed by atoms with Gasteiger partial charge in [-0.15, -0.1) is 0 Å². The largest absolute Gasteiger partial charge is 0.448 e. The van der Waals surface area contributed by atoms with Gasteiger partial charge in [0.2, 0.25) is 0 Å². The molecule has 0 saturated heterocycles. The lowest BCUT2D eigenvalue weighted by Crippen LogP contribution is -2.30. The van der Waals surface area contributed by atoms with E-state index in [0.29, 0.717) is 16.8 Å². The molecular formula is C18H18ClFN2O4. The molecule has 1 atom stereocenters. The van der Waals surface area contributed by atoms with Gasteiger partial charge in [0.05, 0.1) is 5.69 Å². The van der Waals surface area contributed by atoms with Crippen molar-refractivity contribution in [1.29, 1.82) is 0 Å². The minimum Gasteiger partial charge on any atom is -0.448 e. The summed E-state index contributed by atoms with van der Waals surface area (Å²) >= 11 is 5.65. The molecule has 2 aromatic rings. The molecule has 1 aromatic heterocycles. The van der Waals surface area contributed by atoms with Crippen LogP contribution in [0.3, 0.4) is 0 Å². The third kappa shape index (κ3) is 4.11. The van der Waals surface area contributed by atoms with Crippen LogP contribution in [-0.2, 0) is 9.53 Å². The molecule has 0 aliphatic heterocycles. The highest BCUT2D eigenvalue weighted by atomic mass is 35.5. The van der Waals surface area contributed by atoms with Crippen molar-refractivity contribution in [3.8, 4) is 0 Å². The summed E-state index contributed by atoms with van der Waals surface area (Å²) in [6, 6.07) is 3.79. The van der Waals surface area contributed by atoms with E-state index in [1.165, 1.54) is 26.0 Å². The lowest BCUT2D eigenvalue weighted by molar-refractivity contribution is -0.123. The number of carbonyl (C=O) groups excluding carboxylic acids is 3. The maximum Gasteiger partial charge on any atom is 0.355 e. The highest BCUT2D eigenvalue weighted by Crippen LogP contribution is 2.21. The van der Waals surface area contributed by atoms with Gasteiger partial charge in [0.1, 0.15) is 11.5 Å². The molecule has 0 saturated carbocycles. The van der Waals surface area contributed by atoms with E-state index in [4.69, 9.17) is 16.3 Å². The summed E-state index contributed by atoms with van der Waals surface area (Å²) in [7, 11) is 0. The molecule has 6 nitrogen and oxygen atoms in total. The summed E-state index contributed by atoms with van der Waals surface area (Å²) in [5.74, 6) is -2.37. The van der Waals surface area contributed by atoms with Crippen LogP contribution in [0.2, 0.25) is 5.02 Å². The maximum atomic E-state index is 13.7. The monoisotopic (exact) mass is 380 g/mol. The van der Waals surface area contributed by atoms with Crippen LogP contribution in [0.5, 0.6) is 0 Å². The van der Waals surface area contributed by atoms with Crippen LogP contribution in [-0.4, -0.2) is 28.7 Å². The topological polar surface area (TPSA) is 88.3 Å². The van der Waals surface area contributed by atoms with Gasteiger partial charge in [-0.2, -0.15) is 0 Å². The minimum absolute atomic E-state index is 0.0759. The van der Waals surface area contributed by atoms with E-state index >= 15 is 0 Å². The SMILES string of the molecule is CC(=O)c1c(C)[nH]c(C(=O)O[C@@H](C)C(=O)Nc2ccc(Cl)cc2F)c1C.